The maximum Gasteiger partial charge on any atom is 0.283 e. The largest absolute Gasteiger partial charge is 0.363 e. The summed E-state index contributed by atoms with van der Waals surface area (Å²) in [4.78, 5) is 10.6. The van der Waals surface area contributed by atoms with E-state index in [1.54, 1.807) is 18.2 Å². The summed E-state index contributed by atoms with van der Waals surface area (Å²) in [5, 5.41) is 9.59. The minimum Gasteiger partial charge on any atom is -0.363 e. The third-order valence-electron chi connectivity index (χ3n) is 1.85. The van der Waals surface area contributed by atoms with Crippen LogP contribution in [-0.4, -0.2) is 17.2 Å². The van der Waals surface area contributed by atoms with Gasteiger partial charge in [0.05, 0.1) is 0 Å². The fourth-order valence-corrected chi connectivity index (χ4v) is 1.40. The number of carbonyl (C=O) groups excluding carboxylic acids is 1. The van der Waals surface area contributed by atoms with E-state index in [1.165, 1.54) is 6.07 Å². The van der Waals surface area contributed by atoms with Crippen LogP contribution in [0.4, 0.5) is 4.39 Å². The standard InChI is InChI=1S/C10H11FN3OP/c11-7-4-2-1-3-6(7)5-8(16)14-9(12)10(13)15/h1-4,16H,5H2,(H2,12,14)(H2,13,15). The molecule has 4 N–H and O–H groups in total. The van der Waals surface area contributed by atoms with Gasteiger partial charge in [0.15, 0.2) is 5.84 Å². The number of hydrogen-bond acceptors (Lipinski definition) is 2. The fourth-order valence-electron chi connectivity index (χ4n) is 1.09. The molecule has 0 aliphatic carbocycles. The van der Waals surface area contributed by atoms with Gasteiger partial charge in [-0.25, -0.2) is 4.39 Å². The van der Waals surface area contributed by atoms with E-state index in [-0.39, 0.29) is 12.2 Å². The minimum absolute atomic E-state index is 0.221. The van der Waals surface area contributed by atoms with Crippen LogP contribution in [0.3, 0.4) is 0 Å². The molecule has 0 heterocycles. The molecule has 84 valence electrons. The Morgan fingerprint density at radius 1 is 1.50 bits per heavy atom. The van der Waals surface area contributed by atoms with Crippen LogP contribution in [0, 0.1) is 11.2 Å². The first kappa shape index (κ1) is 12.3. The normalized spacial score (nSPS) is 9.56. The molecule has 0 unspecified atom stereocenters. The molecule has 1 aromatic rings. The second-order valence-corrected chi connectivity index (χ2v) is 3.71. The second-order valence-electron chi connectivity index (χ2n) is 3.11. The molecular weight excluding hydrogens is 228 g/mol. The summed E-state index contributed by atoms with van der Waals surface area (Å²) < 4.78 is 13.2. The zero-order valence-corrected chi connectivity index (χ0v) is 9.38. The van der Waals surface area contributed by atoms with Gasteiger partial charge in [-0.2, -0.15) is 0 Å². The average Bonchev–Trinajstić information content (AvgIpc) is 2.21. The molecule has 0 fully saturated rings. The molecule has 0 saturated carbocycles. The summed E-state index contributed by atoms with van der Waals surface area (Å²) in [6, 6.07) is 6.25. The number of halogens is 1. The van der Waals surface area contributed by atoms with E-state index in [1.807, 2.05) is 0 Å². The predicted octanol–water partition coefficient (Wildman–Crippen LogP) is 0.693. The van der Waals surface area contributed by atoms with Gasteiger partial charge in [0.1, 0.15) is 5.82 Å². The number of nitrogens with one attached hydrogen (secondary N) is 2. The van der Waals surface area contributed by atoms with Crippen molar-refractivity contribution < 1.29 is 9.18 Å². The van der Waals surface area contributed by atoms with Crippen LogP contribution >= 0.6 is 8.86 Å². The van der Waals surface area contributed by atoms with E-state index < -0.39 is 11.7 Å². The average molecular weight is 239 g/mol. The van der Waals surface area contributed by atoms with E-state index >= 15 is 0 Å². The van der Waals surface area contributed by atoms with Gasteiger partial charge in [0.25, 0.3) is 5.91 Å². The lowest BCUT2D eigenvalue weighted by Gasteiger charge is -2.08. The van der Waals surface area contributed by atoms with Crippen LogP contribution in [0.15, 0.2) is 24.3 Å². The summed E-state index contributed by atoms with van der Waals surface area (Å²) in [6.07, 6.45) is 0.221. The molecule has 1 amide bonds. The number of amidine groups is 1. The molecule has 0 bridgehead atoms. The Kier molecular flexibility index (Phi) is 4.14. The molecule has 0 radical (unpaired) electrons. The van der Waals surface area contributed by atoms with Crippen molar-refractivity contribution in [3.05, 3.63) is 35.6 Å². The highest BCUT2D eigenvalue weighted by Gasteiger charge is 2.07. The minimum atomic E-state index is -0.871. The Bertz CT molecular complexity index is 447. The first-order valence-corrected chi connectivity index (χ1v) is 4.97. The summed E-state index contributed by atoms with van der Waals surface area (Å²) >= 11 is 0. The van der Waals surface area contributed by atoms with Crippen molar-refractivity contribution in [3.8, 4) is 0 Å². The van der Waals surface area contributed by atoms with Gasteiger partial charge < -0.3 is 11.1 Å². The van der Waals surface area contributed by atoms with Crippen LogP contribution < -0.4 is 11.1 Å². The molecule has 0 aromatic heterocycles. The monoisotopic (exact) mass is 239 g/mol. The van der Waals surface area contributed by atoms with Crippen LogP contribution in [0.5, 0.6) is 0 Å². The van der Waals surface area contributed by atoms with Gasteiger partial charge in [-0.15, -0.1) is 0 Å². The lowest BCUT2D eigenvalue weighted by molar-refractivity contribution is -0.112. The summed E-state index contributed by atoms with van der Waals surface area (Å²) in [5.74, 6) is -1.66. The summed E-state index contributed by atoms with van der Waals surface area (Å²) in [6.45, 7) is 0. The van der Waals surface area contributed by atoms with Crippen LogP contribution in [0.2, 0.25) is 0 Å². The van der Waals surface area contributed by atoms with Crippen molar-refractivity contribution in [2.75, 3.05) is 0 Å². The Balaban J connectivity index is 2.62. The zero-order valence-electron chi connectivity index (χ0n) is 8.38. The number of rotatable bonds is 3. The second kappa shape index (κ2) is 5.37. The fraction of sp³-hybridized carbons (Fsp3) is 0.100. The Hall–Kier alpha value is -1.74. The first-order chi connectivity index (χ1) is 7.50. The van der Waals surface area contributed by atoms with Crippen molar-refractivity contribution in [2.45, 2.75) is 6.42 Å². The number of carbonyl (C=O) groups is 1. The molecule has 0 saturated heterocycles. The van der Waals surface area contributed by atoms with Crippen molar-refractivity contribution in [1.29, 1.82) is 5.41 Å². The quantitative estimate of drug-likeness (QED) is 0.412. The highest BCUT2D eigenvalue weighted by Crippen LogP contribution is 2.07. The lowest BCUT2D eigenvalue weighted by Crippen LogP contribution is -2.39. The van der Waals surface area contributed by atoms with Gasteiger partial charge >= 0.3 is 0 Å². The van der Waals surface area contributed by atoms with Gasteiger partial charge in [-0.1, -0.05) is 27.1 Å². The van der Waals surface area contributed by atoms with Crippen molar-refractivity contribution in [3.63, 3.8) is 0 Å². The van der Waals surface area contributed by atoms with E-state index in [0.29, 0.717) is 11.0 Å². The number of amides is 1. The maximum atomic E-state index is 13.2. The molecule has 0 aliphatic heterocycles. The SMILES string of the molecule is N=C(NC(=P)Cc1ccccc1F)C(N)=O. The van der Waals surface area contributed by atoms with E-state index in [2.05, 4.69) is 14.2 Å². The van der Waals surface area contributed by atoms with Crippen molar-refractivity contribution >= 4 is 26.0 Å². The highest BCUT2D eigenvalue weighted by molar-refractivity contribution is 7.21. The third-order valence-corrected chi connectivity index (χ3v) is 2.15. The van der Waals surface area contributed by atoms with E-state index in [0.717, 1.165) is 0 Å². The van der Waals surface area contributed by atoms with Gasteiger partial charge in [0, 0.05) is 11.8 Å². The van der Waals surface area contributed by atoms with Crippen molar-refractivity contribution in [1.82, 2.24) is 5.32 Å². The molecule has 0 spiro atoms. The molecule has 16 heavy (non-hydrogen) atoms. The number of benzene rings is 1. The Morgan fingerprint density at radius 3 is 2.69 bits per heavy atom. The zero-order chi connectivity index (χ0) is 12.1. The van der Waals surface area contributed by atoms with E-state index in [9.17, 15) is 9.18 Å². The highest BCUT2D eigenvalue weighted by atomic mass is 31.0. The number of nitrogens with two attached hydrogens (primary N) is 1. The van der Waals surface area contributed by atoms with Crippen LogP contribution in [-0.2, 0) is 11.2 Å². The molecule has 4 nitrogen and oxygen atoms in total. The van der Waals surface area contributed by atoms with E-state index in [4.69, 9.17) is 11.1 Å². The molecule has 6 heteroatoms. The van der Waals surface area contributed by atoms with Crippen molar-refractivity contribution in [2.24, 2.45) is 5.73 Å². The lowest BCUT2D eigenvalue weighted by atomic mass is 10.1. The van der Waals surface area contributed by atoms with Gasteiger partial charge in [-0.3, -0.25) is 10.2 Å². The Labute approximate surface area is 94.4 Å². The molecule has 1 rings (SSSR count). The topological polar surface area (TPSA) is 79.0 Å². The first-order valence-electron chi connectivity index (χ1n) is 4.47. The van der Waals surface area contributed by atoms with Crippen LogP contribution in [0.1, 0.15) is 5.56 Å². The third kappa shape index (κ3) is 3.44. The smallest absolute Gasteiger partial charge is 0.283 e. The summed E-state index contributed by atoms with van der Waals surface area (Å²) in [5.41, 5.74) is 5.73. The van der Waals surface area contributed by atoms with Gasteiger partial charge in [-0.05, 0) is 11.6 Å². The van der Waals surface area contributed by atoms with Gasteiger partial charge in [0.2, 0.25) is 0 Å². The van der Waals surface area contributed by atoms with Crippen LogP contribution in [0.25, 0.3) is 0 Å². The Morgan fingerprint density at radius 2 is 2.12 bits per heavy atom. The molecule has 1 aromatic carbocycles. The molecular formula is C10H11FN3OP. The maximum absolute atomic E-state index is 13.2. The summed E-state index contributed by atoms with van der Waals surface area (Å²) in [7, 11) is 3.16. The predicted molar refractivity (Wildman–Crippen MR) is 63.5 cm³/mol. The molecule has 0 aliphatic rings. The molecule has 0 atom stereocenters. The number of hydrogen-bond donors (Lipinski definition) is 3. The number of primary amides is 1.